The van der Waals surface area contributed by atoms with Gasteiger partial charge in [-0.3, -0.25) is 9.89 Å². The minimum absolute atomic E-state index is 0.000327. The molecular weight excluding hydrogens is 268 g/mol. The SMILES string of the molecule is O=C(NCc1cccc(CO)c1)c1n[nH]c2c1CNCC2. The van der Waals surface area contributed by atoms with Crippen LogP contribution < -0.4 is 10.6 Å². The summed E-state index contributed by atoms with van der Waals surface area (Å²) in [6.07, 6.45) is 0.869. The van der Waals surface area contributed by atoms with Crippen LogP contribution in [0.1, 0.15) is 32.9 Å². The van der Waals surface area contributed by atoms with Crippen LogP contribution >= 0.6 is 0 Å². The Morgan fingerprint density at radius 1 is 1.38 bits per heavy atom. The first-order valence-corrected chi connectivity index (χ1v) is 7.01. The predicted octanol–water partition coefficient (Wildman–Crippen LogP) is 0.478. The molecule has 1 aromatic carbocycles. The Hall–Kier alpha value is -2.18. The summed E-state index contributed by atoms with van der Waals surface area (Å²) in [6, 6.07) is 7.51. The van der Waals surface area contributed by atoms with Gasteiger partial charge in [0.2, 0.25) is 0 Å². The number of fused-ring (bicyclic) bond motifs is 1. The van der Waals surface area contributed by atoms with Crippen molar-refractivity contribution in [3.8, 4) is 0 Å². The number of hydrogen-bond donors (Lipinski definition) is 4. The number of nitrogens with one attached hydrogen (secondary N) is 3. The maximum atomic E-state index is 12.2. The second kappa shape index (κ2) is 6.07. The minimum Gasteiger partial charge on any atom is -0.392 e. The first kappa shape index (κ1) is 13.8. The van der Waals surface area contributed by atoms with Crippen molar-refractivity contribution >= 4 is 5.91 Å². The van der Waals surface area contributed by atoms with Crippen molar-refractivity contribution in [3.63, 3.8) is 0 Å². The number of nitrogens with zero attached hydrogens (tertiary/aromatic N) is 1. The zero-order valence-corrected chi connectivity index (χ0v) is 11.6. The van der Waals surface area contributed by atoms with Gasteiger partial charge < -0.3 is 15.7 Å². The summed E-state index contributed by atoms with van der Waals surface area (Å²) in [5.74, 6) is -0.175. The molecule has 6 heteroatoms. The second-order valence-electron chi connectivity index (χ2n) is 5.12. The highest BCUT2D eigenvalue weighted by atomic mass is 16.3. The van der Waals surface area contributed by atoms with Gasteiger partial charge in [0, 0.05) is 37.3 Å². The standard InChI is InChI=1S/C15H18N4O2/c20-9-11-3-1-2-10(6-11)7-17-15(21)14-12-8-16-5-4-13(12)18-19-14/h1-3,6,16,20H,4-5,7-9H2,(H,17,21)(H,18,19). The number of aromatic nitrogens is 2. The van der Waals surface area contributed by atoms with Crippen molar-refractivity contribution in [2.75, 3.05) is 6.54 Å². The van der Waals surface area contributed by atoms with E-state index in [-0.39, 0.29) is 12.5 Å². The van der Waals surface area contributed by atoms with E-state index in [0.717, 1.165) is 35.3 Å². The van der Waals surface area contributed by atoms with Crippen LogP contribution in [0.3, 0.4) is 0 Å². The Labute approximate surface area is 122 Å². The van der Waals surface area contributed by atoms with Gasteiger partial charge in [-0.15, -0.1) is 0 Å². The number of benzene rings is 1. The molecule has 0 radical (unpaired) electrons. The lowest BCUT2D eigenvalue weighted by Crippen LogP contribution is -2.28. The van der Waals surface area contributed by atoms with Crippen molar-refractivity contribution in [2.45, 2.75) is 26.1 Å². The van der Waals surface area contributed by atoms with E-state index in [2.05, 4.69) is 20.8 Å². The van der Waals surface area contributed by atoms with E-state index >= 15 is 0 Å². The van der Waals surface area contributed by atoms with Crippen LogP contribution in [-0.4, -0.2) is 27.8 Å². The summed E-state index contributed by atoms with van der Waals surface area (Å²) in [5.41, 5.74) is 4.26. The van der Waals surface area contributed by atoms with Gasteiger partial charge in [-0.1, -0.05) is 24.3 Å². The third-order valence-corrected chi connectivity index (χ3v) is 3.65. The third-order valence-electron chi connectivity index (χ3n) is 3.65. The fraction of sp³-hybridized carbons (Fsp3) is 0.333. The fourth-order valence-electron chi connectivity index (χ4n) is 2.52. The summed E-state index contributed by atoms with van der Waals surface area (Å²) in [4.78, 5) is 12.2. The highest BCUT2D eigenvalue weighted by Crippen LogP contribution is 2.15. The molecule has 3 rings (SSSR count). The van der Waals surface area contributed by atoms with E-state index in [4.69, 9.17) is 5.11 Å². The molecule has 1 aliphatic rings. The van der Waals surface area contributed by atoms with Gasteiger partial charge in [0.1, 0.15) is 0 Å². The normalized spacial score (nSPS) is 13.8. The third kappa shape index (κ3) is 2.96. The van der Waals surface area contributed by atoms with Crippen LogP contribution in [0.5, 0.6) is 0 Å². The van der Waals surface area contributed by atoms with Gasteiger partial charge in [0.25, 0.3) is 5.91 Å². The Balaban J connectivity index is 1.67. The van der Waals surface area contributed by atoms with E-state index in [1.54, 1.807) is 0 Å². The summed E-state index contributed by atoms with van der Waals surface area (Å²) < 4.78 is 0. The number of carbonyl (C=O) groups excluding carboxylic acids is 1. The highest BCUT2D eigenvalue weighted by molar-refractivity contribution is 5.94. The molecule has 6 nitrogen and oxygen atoms in total. The Bertz CT molecular complexity index is 651. The lowest BCUT2D eigenvalue weighted by Gasteiger charge is -2.13. The van der Waals surface area contributed by atoms with E-state index in [1.807, 2.05) is 24.3 Å². The van der Waals surface area contributed by atoms with Crippen molar-refractivity contribution in [1.82, 2.24) is 20.8 Å². The molecule has 1 aromatic heterocycles. The maximum absolute atomic E-state index is 12.2. The predicted molar refractivity (Wildman–Crippen MR) is 77.5 cm³/mol. The Morgan fingerprint density at radius 3 is 3.10 bits per heavy atom. The molecule has 0 atom stereocenters. The van der Waals surface area contributed by atoms with Gasteiger partial charge in [0.05, 0.1) is 6.61 Å². The number of aromatic amines is 1. The smallest absolute Gasteiger partial charge is 0.272 e. The number of rotatable bonds is 4. The molecule has 2 aromatic rings. The number of carbonyl (C=O) groups is 1. The zero-order chi connectivity index (χ0) is 14.7. The number of hydrogen-bond acceptors (Lipinski definition) is 4. The number of aliphatic hydroxyl groups is 1. The Morgan fingerprint density at radius 2 is 2.24 bits per heavy atom. The summed E-state index contributed by atoms with van der Waals surface area (Å²) >= 11 is 0. The summed E-state index contributed by atoms with van der Waals surface area (Å²) in [5, 5.41) is 22.3. The quantitative estimate of drug-likeness (QED) is 0.658. The van der Waals surface area contributed by atoms with Gasteiger partial charge in [-0.25, -0.2) is 0 Å². The van der Waals surface area contributed by atoms with Crippen molar-refractivity contribution in [3.05, 3.63) is 52.3 Å². The van der Waals surface area contributed by atoms with Crippen LogP contribution in [0.2, 0.25) is 0 Å². The van der Waals surface area contributed by atoms with E-state index in [0.29, 0.717) is 18.8 Å². The van der Waals surface area contributed by atoms with Crippen LogP contribution in [0.25, 0.3) is 0 Å². The van der Waals surface area contributed by atoms with Crippen molar-refractivity contribution in [1.29, 1.82) is 0 Å². The molecule has 0 fully saturated rings. The average molecular weight is 286 g/mol. The molecule has 4 N–H and O–H groups in total. The van der Waals surface area contributed by atoms with Crippen molar-refractivity contribution < 1.29 is 9.90 Å². The molecular formula is C15H18N4O2. The topological polar surface area (TPSA) is 90.0 Å². The molecule has 1 amide bonds. The fourth-order valence-corrected chi connectivity index (χ4v) is 2.52. The first-order chi connectivity index (χ1) is 10.3. The minimum atomic E-state index is -0.175. The molecule has 0 unspecified atom stereocenters. The molecule has 0 aliphatic carbocycles. The van der Waals surface area contributed by atoms with Crippen LogP contribution in [-0.2, 0) is 26.1 Å². The van der Waals surface area contributed by atoms with Crippen LogP contribution in [0.15, 0.2) is 24.3 Å². The van der Waals surface area contributed by atoms with E-state index in [9.17, 15) is 4.79 Å². The van der Waals surface area contributed by atoms with Crippen LogP contribution in [0, 0.1) is 0 Å². The van der Waals surface area contributed by atoms with E-state index in [1.165, 1.54) is 0 Å². The van der Waals surface area contributed by atoms with Gasteiger partial charge in [-0.05, 0) is 11.1 Å². The molecule has 21 heavy (non-hydrogen) atoms. The van der Waals surface area contributed by atoms with Gasteiger partial charge >= 0.3 is 0 Å². The molecule has 110 valence electrons. The monoisotopic (exact) mass is 286 g/mol. The number of H-pyrrole nitrogens is 1. The van der Waals surface area contributed by atoms with Crippen molar-refractivity contribution in [2.24, 2.45) is 0 Å². The molecule has 2 heterocycles. The van der Waals surface area contributed by atoms with E-state index < -0.39 is 0 Å². The molecule has 0 saturated heterocycles. The molecule has 0 saturated carbocycles. The molecule has 0 bridgehead atoms. The Kier molecular flexibility index (Phi) is 3.98. The number of amides is 1. The van der Waals surface area contributed by atoms with Gasteiger partial charge in [-0.2, -0.15) is 5.10 Å². The summed E-state index contributed by atoms with van der Waals surface area (Å²) in [6.45, 7) is 2.00. The first-order valence-electron chi connectivity index (χ1n) is 7.01. The lowest BCUT2D eigenvalue weighted by atomic mass is 10.1. The average Bonchev–Trinajstić information content (AvgIpc) is 2.97. The number of aliphatic hydroxyl groups excluding tert-OH is 1. The largest absolute Gasteiger partial charge is 0.392 e. The van der Waals surface area contributed by atoms with Crippen LogP contribution in [0.4, 0.5) is 0 Å². The molecule has 0 spiro atoms. The lowest BCUT2D eigenvalue weighted by molar-refractivity contribution is 0.0944. The summed E-state index contributed by atoms with van der Waals surface area (Å²) in [7, 11) is 0. The van der Waals surface area contributed by atoms with Gasteiger partial charge in [0.15, 0.2) is 5.69 Å². The zero-order valence-electron chi connectivity index (χ0n) is 11.6. The maximum Gasteiger partial charge on any atom is 0.272 e. The molecule has 1 aliphatic heterocycles. The highest BCUT2D eigenvalue weighted by Gasteiger charge is 2.21. The second-order valence-corrected chi connectivity index (χ2v) is 5.12.